The van der Waals surface area contributed by atoms with Gasteiger partial charge in [-0.25, -0.2) is 9.97 Å². The van der Waals surface area contributed by atoms with Crippen molar-refractivity contribution in [3.05, 3.63) is 47.3 Å². The summed E-state index contributed by atoms with van der Waals surface area (Å²) in [7, 11) is 3.61. The fourth-order valence-corrected chi connectivity index (χ4v) is 1.99. The Bertz CT molecular complexity index is 746. The number of carbonyl (C=O) groups is 1. The van der Waals surface area contributed by atoms with Crippen LogP contribution in [0, 0.1) is 6.92 Å². The molecule has 1 heterocycles. The number of aryl methyl sites for hydroxylation is 1. The van der Waals surface area contributed by atoms with Gasteiger partial charge in [0.2, 0.25) is 5.95 Å². The first-order valence-electron chi connectivity index (χ1n) is 7.30. The summed E-state index contributed by atoms with van der Waals surface area (Å²) in [4.78, 5) is 22.4. The highest BCUT2D eigenvalue weighted by Gasteiger charge is 2.31. The van der Waals surface area contributed by atoms with Gasteiger partial charge in [0, 0.05) is 25.4 Å². The highest BCUT2D eigenvalue weighted by molar-refractivity contribution is 5.94. The van der Waals surface area contributed by atoms with E-state index < -0.39 is 12.3 Å². The minimum Gasteiger partial charge on any atom is -0.406 e. The average Bonchev–Trinajstić information content (AvgIpc) is 2.51. The number of alkyl halides is 3. The molecule has 0 fully saturated rings. The zero-order valence-corrected chi connectivity index (χ0v) is 13.9. The fourth-order valence-electron chi connectivity index (χ4n) is 1.99. The number of nitrogens with zero attached hydrogens (tertiary/aromatic N) is 3. The van der Waals surface area contributed by atoms with Gasteiger partial charge in [-0.3, -0.25) is 4.79 Å². The van der Waals surface area contributed by atoms with E-state index in [0.717, 1.165) is 17.8 Å². The summed E-state index contributed by atoms with van der Waals surface area (Å²) in [5.41, 5.74) is 1.60. The molecule has 134 valence electrons. The zero-order valence-electron chi connectivity index (χ0n) is 13.9. The van der Waals surface area contributed by atoms with Crippen molar-refractivity contribution in [1.82, 2.24) is 15.3 Å². The molecule has 1 amide bonds. The van der Waals surface area contributed by atoms with Crippen LogP contribution in [0.1, 0.15) is 21.7 Å². The lowest BCUT2D eigenvalue weighted by Gasteiger charge is -2.13. The molecule has 1 aromatic carbocycles. The van der Waals surface area contributed by atoms with Crippen molar-refractivity contribution in [1.29, 1.82) is 0 Å². The van der Waals surface area contributed by atoms with Crippen molar-refractivity contribution in [2.75, 3.05) is 19.0 Å². The van der Waals surface area contributed by atoms with Crippen LogP contribution in [-0.4, -0.2) is 36.3 Å². The largest absolute Gasteiger partial charge is 0.573 e. The fraction of sp³-hybridized carbons (Fsp3) is 0.312. The smallest absolute Gasteiger partial charge is 0.406 e. The highest BCUT2D eigenvalue weighted by Crippen LogP contribution is 2.22. The molecule has 25 heavy (non-hydrogen) atoms. The molecular weight excluding hydrogens is 337 g/mol. The van der Waals surface area contributed by atoms with Gasteiger partial charge in [0.15, 0.2) is 0 Å². The number of amides is 1. The number of carbonyl (C=O) groups excluding carboxylic acids is 1. The maximum absolute atomic E-state index is 12.1. The van der Waals surface area contributed by atoms with Crippen LogP contribution in [-0.2, 0) is 6.54 Å². The molecule has 9 heteroatoms. The number of hydrogen-bond donors (Lipinski definition) is 1. The van der Waals surface area contributed by atoms with Crippen LogP contribution in [0.25, 0.3) is 0 Å². The maximum atomic E-state index is 12.1. The van der Waals surface area contributed by atoms with Crippen LogP contribution < -0.4 is 15.0 Å². The molecule has 2 aromatic rings. The molecule has 0 aliphatic rings. The van der Waals surface area contributed by atoms with E-state index in [-0.39, 0.29) is 17.9 Å². The molecule has 2 rings (SSSR count). The molecule has 1 aromatic heterocycles. The summed E-state index contributed by atoms with van der Waals surface area (Å²) < 4.78 is 40.1. The van der Waals surface area contributed by atoms with Crippen molar-refractivity contribution >= 4 is 11.9 Å². The lowest BCUT2D eigenvalue weighted by molar-refractivity contribution is -0.274. The summed E-state index contributed by atoms with van der Waals surface area (Å²) in [5, 5.41) is 2.67. The van der Waals surface area contributed by atoms with Crippen LogP contribution in [0.3, 0.4) is 0 Å². The van der Waals surface area contributed by atoms with Gasteiger partial charge in [-0.1, -0.05) is 0 Å². The molecule has 0 unspecified atom stereocenters. The van der Waals surface area contributed by atoms with Crippen molar-refractivity contribution < 1.29 is 22.7 Å². The Labute approximate surface area is 142 Å². The first-order valence-corrected chi connectivity index (χ1v) is 7.30. The second kappa shape index (κ2) is 7.37. The van der Waals surface area contributed by atoms with Gasteiger partial charge < -0.3 is 15.0 Å². The van der Waals surface area contributed by atoms with E-state index >= 15 is 0 Å². The Morgan fingerprint density at radius 1 is 1.20 bits per heavy atom. The molecule has 0 saturated heterocycles. The number of hydrogen-bond acceptors (Lipinski definition) is 5. The minimum atomic E-state index is -4.77. The van der Waals surface area contributed by atoms with E-state index in [9.17, 15) is 18.0 Å². The van der Waals surface area contributed by atoms with Gasteiger partial charge in [-0.05, 0) is 37.3 Å². The first kappa shape index (κ1) is 18.5. The summed E-state index contributed by atoms with van der Waals surface area (Å²) in [6.07, 6.45) is -4.77. The predicted octanol–water partition coefficient (Wildman–Crippen LogP) is 2.68. The van der Waals surface area contributed by atoms with Crippen molar-refractivity contribution in [3.8, 4) is 5.75 Å². The van der Waals surface area contributed by atoms with Crippen LogP contribution >= 0.6 is 0 Å². The molecule has 0 spiro atoms. The predicted molar refractivity (Wildman–Crippen MR) is 85.4 cm³/mol. The van der Waals surface area contributed by atoms with Crippen LogP contribution in [0.5, 0.6) is 5.75 Å². The average molecular weight is 354 g/mol. The Balaban J connectivity index is 2.01. The number of halogens is 3. The maximum Gasteiger partial charge on any atom is 0.573 e. The van der Waals surface area contributed by atoms with Gasteiger partial charge in [-0.15, -0.1) is 13.2 Å². The molecule has 6 nitrogen and oxygen atoms in total. The summed E-state index contributed by atoms with van der Waals surface area (Å²) >= 11 is 0. The molecule has 0 aliphatic heterocycles. The Morgan fingerprint density at radius 2 is 1.84 bits per heavy atom. The van der Waals surface area contributed by atoms with Gasteiger partial charge in [0.25, 0.3) is 5.91 Å². The summed E-state index contributed by atoms with van der Waals surface area (Å²) in [6, 6.07) is 6.43. The van der Waals surface area contributed by atoms with E-state index in [1.165, 1.54) is 12.1 Å². The third kappa shape index (κ3) is 5.63. The molecular formula is C16H17F3N4O2. The lowest BCUT2D eigenvalue weighted by Crippen LogP contribution is -2.24. The quantitative estimate of drug-likeness (QED) is 0.894. The van der Waals surface area contributed by atoms with E-state index in [1.54, 1.807) is 11.0 Å². The van der Waals surface area contributed by atoms with E-state index in [2.05, 4.69) is 20.0 Å². The van der Waals surface area contributed by atoms with Crippen molar-refractivity contribution in [2.24, 2.45) is 0 Å². The van der Waals surface area contributed by atoms with Crippen molar-refractivity contribution in [2.45, 2.75) is 19.8 Å². The molecule has 0 aliphatic carbocycles. The van der Waals surface area contributed by atoms with E-state index in [1.807, 2.05) is 21.0 Å². The number of aromatic nitrogens is 2. The van der Waals surface area contributed by atoms with E-state index in [4.69, 9.17) is 0 Å². The normalized spacial score (nSPS) is 11.1. The molecule has 1 N–H and O–H groups in total. The van der Waals surface area contributed by atoms with E-state index in [0.29, 0.717) is 11.6 Å². The zero-order chi connectivity index (χ0) is 18.6. The van der Waals surface area contributed by atoms with Gasteiger partial charge in [-0.2, -0.15) is 0 Å². The van der Waals surface area contributed by atoms with Gasteiger partial charge in [0.05, 0.1) is 12.2 Å². The molecule has 0 radical (unpaired) electrons. The Hall–Kier alpha value is -2.84. The Kier molecular flexibility index (Phi) is 5.45. The van der Waals surface area contributed by atoms with Crippen LogP contribution in [0.4, 0.5) is 19.1 Å². The molecule has 0 saturated carbocycles. The Morgan fingerprint density at radius 3 is 2.40 bits per heavy atom. The second-order valence-corrected chi connectivity index (χ2v) is 5.45. The number of anilines is 1. The monoisotopic (exact) mass is 354 g/mol. The molecule has 0 bridgehead atoms. The number of ether oxygens (including phenoxy) is 1. The SMILES string of the molecule is Cc1cc(CNC(=O)c2ccc(OC(F)(F)F)cc2)nc(N(C)C)n1. The van der Waals surface area contributed by atoms with Crippen LogP contribution in [0.15, 0.2) is 30.3 Å². The summed E-state index contributed by atoms with van der Waals surface area (Å²) in [5.74, 6) is -0.287. The minimum absolute atomic E-state index is 0.170. The second-order valence-electron chi connectivity index (χ2n) is 5.45. The number of nitrogens with one attached hydrogen (secondary N) is 1. The summed E-state index contributed by atoms with van der Waals surface area (Å²) in [6.45, 7) is 1.99. The topological polar surface area (TPSA) is 67.3 Å². The number of benzene rings is 1. The first-order chi connectivity index (χ1) is 11.6. The van der Waals surface area contributed by atoms with Crippen molar-refractivity contribution in [3.63, 3.8) is 0 Å². The van der Waals surface area contributed by atoms with Gasteiger partial charge >= 0.3 is 6.36 Å². The highest BCUT2D eigenvalue weighted by atomic mass is 19.4. The standard InChI is InChI=1S/C16H17F3N4O2/c1-10-8-12(22-15(21-10)23(2)3)9-20-14(24)11-4-6-13(7-5-11)25-16(17,18)19/h4-8H,9H2,1-3H3,(H,20,24). The molecule has 0 atom stereocenters. The third-order valence-electron chi connectivity index (χ3n) is 3.08. The van der Waals surface area contributed by atoms with Gasteiger partial charge in [0.1, 0.15) is 5.75 Å². The lowest BCUT2D eigenvalue weighted by atomic mass is 10.2. The number of rotatable bonds is 5. The van der Waals surface area contributed by atoms with Crippen LogP contribution in [0.2, 0.25) is 0 Å². The third-order valence-corrected chi connectivity index (χ3v) is 3.08.